The molecule has 0 heterocycles. The SMILES string of the molecule is C=C(C)[C@]1(O[Si](C)(C)C(C)(C)C)C[C@@H]1C(=O)OC. The first-order valence-corrected chi connectivity index (χ1v) is 9.33. The summed E-state index contributed by atoms with van der Waals surface area (Å²) in [6, 6.07) is 0. The average Bonchev–Trinajstić information content (AvgIpc) is 2.90. The van der Waals surface area contributed by atoms with Crippen LogP contribution in [0.1, 0.15) is 34.1 Å². The van der Waals surface area contributed by atoms with Crippen molar-refractivity contribution in [1.82, 2.24) is 0 Å². The molecule has 1 aliphatic carbocycles. The largest absolute Gasteiger partial charge is 0.469 e. The number of esters is 1. The standard InChI is InChI=1S/C14H26O3Si/c1-10(2)14(9-11(14)12(15)16-6)17-18(7,8)13(3,4)5/h11H,1,9H2,2-8H3/t11-,14-/m1/s1. The van der Waals surface area contributed by atoms with Gasteiger partial charge in [-0.25, -0.2) is 0 Å². The number of carbonyl (C=O) groups excluding carboxylic acids is 1. The van der Waals surface area contributed by atoms with Crippen molar-refractivity contribution in [2.75, 3.05) is 7.11 Å². The predicted octanol–water partition coefficient (Wildman–Crippen LogP) is 3.52. The van der Waals surface area contributed by atoms with Crippen molar-refractivity contribution in [2.24, 2.45) is 5.92 Å². The molecule has 1 fully saturated rings. The number of carbonyl (C=O) groups is 1. The van der Waals surface area contributed by atoms with Crippen LogP contribution in [0.2, 0.25) is 18.1 Å². The zero-order chi connectivity index (χ0) is 14.4. The van der Waals surface area contributed by atoms with Gasteiger partial charge in [-0.3, -0.25) is 4.79 Å². The molecule has 1 aliphatic rings. The third-order valence-corrected chi connectivity index (χ3v) is 8.85. The van der Waals surface area contributed by atoms with E-state index >= 15 is 0 Å². The van der Waals surface area contributed by atoms with Crippen LogP contribution in [-0.2, 0) is 14.0 Å². The molecule has 0 aromatic carbocycles. The molecule has 104 valence electrons. The summed E-state index contributed by atoms with van der Waals surface area (Å²) in [4.78, 5) is 11.7. The highest BCUT2D eigenvalue weighted by atomic mass is 28.4. The van der Waals surface area contributed by atoms with Crippen LogP contribution in [0.4, 0.5) is 0 Å². The molecule has 0 aliphatic heterocycles. The van der Waals surface area contributed by atoms with Crippen molar-refractivity contribution in [2.45, 2.75) is 57.8 Å². The molecule has 1 saturated carbocycles. The maximum absolute atomic E-state index is 11.7. The summed E-state index contributed by atoms with van der Waals surface area (Å²) in [5.74, 6) is -0.356. The number of ether oxygens (including phenoxy) is 1. The zero-order valence-electron chi connectivity index (χ0n) is 12.7. The molecule has 0 bridgehead atoms. The summed E-state index contributed by atoms with van der Waals surface area (Å²) in [7, 11) is -0.483. The monoisotopic (exact) mass is 270 g/mol. The average molecular weight is 270 g/mol. The highest BCUT2D eigenvalue weighted by Crippen LogP contribution is 2.56. The maximum Gasteiger partial charge on any atom is 0.312 e. The molecule has 0 aromatic rings. The van der Waals surface area contributed by atoms with Gasteiger partial charge in [-0.05, 0) is 37.0 Å². The lowest BCUT2D eigenvalue weighted by molar-refractivity contribution is -0.143. The highest BCUT2D eigenvalue weighted by molar-refractivity contribution is 6.74. The molecule has 4 heteroatoms. The van der Waals surface area contributed by atoms with Gasteiger partial charge in [0.15, 0.2) is 8.32 Å². The van der Waals surface area contributed by atoms with Crippen LogP contribution in [0.3, 0.4) is 0 Å². The number of methoxy groups -OCH3 is 1. The zero-order valence-corrected chi connectivity index (χ0v) is 13.7. The smallest absolute Gasteiger partial charge is 0.312 e. The molecule has 0 aromatic heterocycles. The van der Waals surface area contributed by atoms with Gasteiger partial charge in [-0.15, -0.1) is 0 Å². The fraction of sp³-hybridized carbons (Fsp3) is 0.786. The van der Waals surface area contributed by atoms with E-state index in [0.717, 1.165) is 5.57 Å². The van der Waals surface area contributed by atoms with Crippen molar-refractivity contribution in [3.8, 4) is 0 Å². The molecule has 0 saturated heterocycles. The van der Waals surface area contributed by atoms with E-state index in [1.807, 2.05) is 6.92 Å². The molecule has 0 amide bonds. The molecule has 3 nitrogen and oxygen atoms in total. The third-order valence-electron chi connectivity index (χ3n) is 4.36. The van der Waals surface area contributed by atoms with Crippen LogP contribution >= 0.6 is 0 Å². The Hall–Kier alpha value is -0.613. The molecular formula is C14H26O3Si. The summed E-state index contributed by atoms with van der Waals surface area (Å²) in [6.45, 7) is 16.9. The van der Waals surface area contributed by atoms with Crippen LogP contribution in [0.25, 0.3) is 0 Å². The first kappa shape index (κ1) is 15.4. The fourth-order valence-electron chi connectivity index (χ4n) is 1.94. The summed E-state index contributed by atoms with van der Waals surface area (Å²) < 4.78 is 11.3. The normalized spacial score (nSPS) is 27.8. The summed E-state index contributed by atoms with van der Waals surface area (Å²) in [5, 5.41) is 0.124. The van der Waals surface area contributed by atoms with Crippen molar-refractivity contribution in [3.63, 3.8) is 0 Å². The quantitative estimate of drug-likeness (QED) is 0.445. The van der Waals surface area contributed by atoms with Crippen LogP contribution < -0.4 is 0 Å². The van der Waals surface area contributed by atoms with E-state index in [2.05, 4.69) is 40.4 Å². The van der Waals surface area contributed by atoms with Crippen molar-refractivity contribution in [3.05, 3.63) is 12.2 Å². The fourth-order valence-corrected chi connectivity index (χ4v) is 3.56. The van der Waals surface area contributed by atoms with Crippen LogP contribution in [-0.4, -0.2) is 27.0 Å². The van der Waals surface area contributed by atoms with E-state index in [-0.39, 0.29) is 16.9 Å². The molecular weight excluding hydrogens is 244 g/mol. The molecule has 0 unspecified atom stereocenters. The summed E-state index contributed by atoms with van der Waals surface area (Å²) in [5.41, 5.74) is 0.457. The van der Waals surface area contributed by atoms with Crippen LogP contribution in [0, 0.1) is 5.92 Å². The molecule has 1 rings (SSSR count). The Morgan fingerprint density at radius 3 is 2.22 bits per heavy atom. The number of hydrogen-bond acceptors (Lipinski definition) is 3. The summed E-state index contributed by atoms with van der Waals surface area (Å²) >= 11 is 0. The Labute approximate surface area is 112 Å². The maximum atomic E-state index is 11.7. The Balaban J connectivity index is 2.93. The predicted molar refractivity (Wildman–Crippen MR) is 76.0 cm³/mol. The van der Waals surface area contributed by atoms with Gasteiger partial charge < -0.3 is 9.16 Å². The van der Waals surface area contributed by atoms with Crippen LogP contribution in [0.5, 0.6) is 0 Å². The molecule has 2 atom stereocenters. The van der Waals surface area contributed by atoms with E-state index < -0.39 is 13.9 Å². The number of rotatable bonds is 4. The first-order chi connectivity index (χ1) is 7.98. The van der Waals surface area contributed by atoms with Crippen molar-refractivity contribution < 1.29 is 14.0 Å². The second-order valence-corrected chi connectivity index (χ2v) is 11.5. The second-order valence-electron chi connectivity index (χ2n) is 6.81. The van der Waals surface area contributed by atoms with E-state index in [9.17, 15) is 4.79 Å². The summed E-state index contributed by atoms with van der Waals surface area (Å²) in [6.07, 6.45) is 0.710. The Morgan fingerprint density at radius 2 is 1.89 bits per heavy atom. The van der Waals surface area contributed by atoms with Crippen LogP contribution in [0.15, 0.2) is 12.2 Å². The van der Waals surface area contributed by atoms with Gasteiger partial charge in [-0.1, -0.05) is 27.4 Å². The second kappa shape index (κ2) is 4.49. The Morgan fingerprint density at radius 1 is 1.39 bits per heavy atom. The minimum Gasteiger partial charge on any atom is -0.469 e. The van der Waals surface area contributed by atoms with Gasteiger partial charge >= 0.3 is 5.97 Å². The van der Waals surface area contributed by atoms with E-state index in [1.54, 1.807) is 0 Å². The minimum atomic E-state index is -1.91. The molecule has 0 spiro atoms. The molecule has 0 N–H and O–H groups in total. The molecule has 0 radical (unpaired) electrons. The lowest BCUT2D eigenvalue weighted by atomic mass is 10.1. The molecule has 18 heavy (non-hydrogen) atoms. The first-order valence-electron chi connectivity index (χ1n) is 6.42. The van der Waals surface area contributed by atoms with Gasteiger partial charge in [0.25, 0.3) is 0 Å². The lowest BCUT2D eigenvalue weighted by Crippen LogP contribution is -2.46. The van der Waals surface area contributed by atoms with Gasteiger partial charge in [0.05, 0.1) is 18.6 Å². The van der Waals surface area contributed by atoms with Gasteiger partial charge in [-0.2, -0.15) is 0 Å². The third kappa shape index (κ3) is 2.54. The highest BCUT2D eigenvalue weighted by Gasteiger charge is 2.63. The lowest BCUT2D eigenvalue weighted by Gasteiger charge is -2.40. The van der Waals surface area contributed by atoms with Gasteiger partial charge in [0.1, 0.15) is 0 Å². The number of hydrogen-bond donors (Lipinski definition) is 0. The topological polar surface area (TPSA) is 35.5 Å². The van der Waals surface area contributed by atoms with Gasteiger partial charge in [0.2, 0.25) is 0 Å². The van der Waals surface area contributed by atoms with E-state index in [0.29, 0.717) is 6.42 Å². The van der Waals surface area contributed by atoms with E-state index in [4.69, 9.17) is 9.16 Å². The minimum absolute atomic E-state index is 0.124. The van der Waals surface area contributed by atoms with Crippen molar-refractivity contribution >= 4 is 14.3 Å². The Bertz CT molecular complexity index is 368. The van der Waals surface area contributed by atoms with Crippen molar-refractivity contribution in [1.29, 1.82) is 0 Å². The Kier molecular flexibility index (Phi) is 3.85. The van der Waals surface area contributed by atoms with E-state index in [1.165, 1.54) is 7.11 Å². The van der Waals surface area contributed by atoms with Gasteiger partial charge in [0, 0.05) is 0 Å².